The monoisotopic (exact) mass is 288 g/mol. The summed E-state index contributed by atoms with van der Waals surface area (Å²) in [4.78, 5) is 6.88. The van der Waals surface area contributed by atoms with E-state index < -0.39 is 9.84 Å². The Balaban J connectivity index is 2.20. The van der Waals surface area contributed by atoms with Crippen molar-refractivity contribution in [3.8, 4) is 0 Å². The molecule has 6 nitrogen and oxygen atoms in total. The number of aromatic nitrogens is 2. The number of hydrogen-bond acceptors (Lipinski definition) is 5. The largest absolute Gasteiger partial charge is 0.399 e. The van der Waals surface area contributed by atoms with E-state index >= 15 is 0 Å². The van der Waals surface area contributed by atoms with E-state index in [1.54, 1.807) is 24.3 Å². The second-order valence-electron chi connectivity index (χ2n) is 4.36. The average molecular weight is 288 g/mol. The van der Waals surface area contributed by atoms with Crippen LogP contribution in [0.1, 0.15) is 0 Å². The van der Waals surface area contributed by atoms with Gasteiger partial charge < -0.3 is 16.5 Å². The first-order valence-corrected chi connectivity index (χ1v) is 7.31. The molecule has 5 N–H and O–H groups in total. The van der Waals surface area contributed by atoms with Gasteiger partial charge in [-0.15, -0.1) is 0 Å². The molecule has 0 radical (unpaired) electrons. The van der Waals surface area contributed by atoms with Gasteiger partial charge in [0.15, 0.2) is 0 Å². The number of para-hydroxylation sites is 2. The normalized spacial score (nSPS) is 11.8. The minimum atomic E-state index is -3.80. The van der Waals surface area contributed by atoms with Crippen molar-refractivity contribution in [2.24, 2.45) is 0 Å². The van der Waals surface area contributed by atoms with E-state index in [0.717, 1.165) is 0 Å². The average Bonchev–Trinajstić information content (AvgIpc) is 2.82. The number of nitrogen functional groups attached to an aromatic ring is 2. The fourth-order valence-corrected chi connectivity index (χ4v) is 3.26. The first-order valence-electron chi connectivity index (χ1n) is 5.83. The Hall–Kier alpha value is -2.54. The van der Waals surface area contributed by atoms with Crippen LogP contribution in [-0.2, 0) is 9.84 Å². The lowest BCUT2D eigenvalue weighted by molar-refractivity contribution is 0.589. The summed E-state index contributed by atoms with van der Waals surface area (Å²) in [5, 5.41) is -0.129. The van der Waals surface area contributed by atoms with Gasteiger partial charge in [-0.25, -0.2) is 13.4 Å². The standard InChI is InChI=1S/C13H12N4O2S/c14-8-5-6-12(9(15)7-8)20(18,19)13-16-10-3-1-2-4-11(10)17-13/h1-7H,14-15H2,(H,16,17). The summed E-state index contributed by atoms with van der Waals surface area (Å²) in [6, 6.07) is 11.4. The van der Waals surface area contributed by atoms with E-state index in [1.807, 2.05) is 0 Å². The van der Waals surface area contributed by atoms with Crippen LogP contribution in [0.15, 0.2) is 52.5 Å². The molecule has 3 rings (SSSR count). The number of nitrogens with two attached hydrogens (primary N) is 2. The van der Waals surface area contributed by atoms with Gasteiger partial charge in [0.1, 0.15) is 0 Å². The number of hydrogen-bond donors (Lipinski definition) is 3. The number of anilines is 2. The number of benzene rings is 2. The zero-order chi connectivity index (χ0) is 14.3. The molecule has 0 atom stereocenters. The molecule has 0 aliphatic heterocycles. The summed E-state index contributed by atoms with van der Waals surface area (Å²) in [5.74, 6) is 0. The highest BCUT2D eigenvalue weighted by molar-refractivity contribution is 7.91. The van der Waals surface area contributed by atoms with E-state index in [-0.39, 0.29) is 15.7 Å². The molecule has 0 aliphatic rings. The molecular weight excluding hydrogens is 276 g/mol. The molecule has 0 unspecified atom stereocenters. The maximum atomic E-state index is 12.5. The highest BCUT2D eigenvalue weighted by Gasteiger charge is 2.24. The highest BCUT2D eigenvalue weighted by atomic mass is 32.2. The maximum absolute atomic E-state index is 12.5. The number of aromatic amines is 1. The van der Waals surface area contributed by atoms with Crippen molar-refractivity contribution in [2.75, 3.05) is 11.5 Å². The van der Waals surface area contributed by atoms with Crippen LogP contribution in [0.3, 0.4) is 0 Å². The molecule has 0 bridgehead atoms. The lowest BCUT2D eigenvalue weighted by atomic mass is 10.3. The van der Waals surface area contributed by atoms with E-state index in [0.29, 0.717) is 16.7 Å². The van der Waals surface area contributed by atoms with Gasteiger partial charge in [-0.2, -0.15) is 0 Å². The Morgan fingerprint density at radius 3 is 2.50 bits per heavy atom. The molecule has 0 saturated heterocycles. The van der Waals surface area contributed by atoms with Gasteiger partial charge >= 0.3 is 0 Å². The van der Waals surface area contributed by atoms with Crippen LogP contribution in [0.5, 0.6) is 0 Å². The Kier molecular flexibility index (Phi) is 2.65. The lowest BCUT2D eigenvalue weighted by Gasteiger charge is -2.05. The minimum absolute atomic E-state index is 0.00856. The Labute approximate surface area is 115 Å². The fourth-order valence-electron chi connectivity index (χ4n) is 1.97. The molecule has 102 valence electrons. The van der Waals surface area contributed by atoms with Crippen molar-refractivity contribution in [3.05, 3.63) is 42.5 Å². The zero-order valence-electron chi connectivity index (χ0n) is 10.4. The number of nitrogens with one attached hydrogen (secondary N) is 1. The molecule has 7 heteroatoms. The molecule has 0 fully saturated rings. The second kappa shape index (κ2) is 4.24. The van der Waals surface area contributed by atoms with Crippen molar-refractivity contribution >= 4 is 32.2 Å². The summed E-state index contributed by atoms with van der Waals surface area (Å²) in [7, 11) is -3.80. The summed E-state index contributed by atoms with van der Waals surface area (Å²) in [6.45, 7) is 0. The van der Waals surface area contributed by atoms with Crippen molar-refractivity contribution in [3.63, 3.8) is 0 Å². The Bertz CT molecular complexity index is 867. The molecular formula is C13H12N4O2S. The van der Waals surface area contributed by atoms with Crippen molar-refractivity contribution < 1.29 is 8.42 Å². The van der Waals surface area contributed by atoms with Crippen LogP contribution in [0, 0.1) is 0 Å². The van der Waals surface area contributed by atoms with Crippen LogP contribution in [0.2, 0.25) is 0 Å². The van der Waals surface area contributed by atoms with Gasteiger partial charge in [0.2, 0.25) is 15.0 Å². The minimum Gasteiger partial charge on any atom is -0.399 e. The molecule has 0 amide bonds. The van der Waals surface area contributed by atoms with Crippen molar-refractivity contribution in [1.29, 1.82) is 0 Å². The second-order valence-corrected chi connectivity index (χ2v) is 6.19. The summed E-state index contributed by atoms with van der Waals surface area (Å²) in [5.41, 5.74) is 13.1. The Morgan fingerprint density at radius 1 is 1.05 bits per heavy atom. The molecule has 1 heterocycles. The van der Waals surface area contributed by atoms with Gasteiger partial charge in [0.05, 0.1) is 21.6 Å². The summed E-state index contributed by atoms with van der Waals surface area (Å²) in [6.07, 6.45) is 0. The van der Waals surface area contributed by atoms with Crippen LogP contribution >= 0.6 is 0 Å². The van der Waals surface area contributed by atoms with Gasteiger partial charge in [0, 0.05) is 5.69 Å². The smallest absolute Gasteiger partial charge is 0.241 e. The van der Waals surface area contributed by atoms with Crippen molar-refractivity contribution in [1.82, 2.24) is 9.97 Å². The fraction of sp³-hybridized carbons (Fsp3) is 0. The number of rotatable bonds is 2. The number of imidazole rings is 1. The SMILES string of the molecule is Nc1ccc(S(=O)(=O)c2nc3ccccc3[nH]2)c(N)c1. The zero-order valence-corrected chi connectivity index (χ0v) is 11.2. The molecule has 2 aromatic carbocycles. The lowest BCUT2D eigenvalue weighted by Crippen LogP contribution is -2.07. The molecule has 0 spiro atoms. The van der Waals surface area contributed by atoms with Crippen molar-refractivity contribution in [2.45, 2.75) is 10.1 Å². The van der Waals surface area contributed by atoms with Gasteiger partial charge in [-0.1, -0.05) is 12.1 Å². The van der Waals surface area contributed by atoms with Crippen LogP contribution in [0.4, 0.5) is 11.4 Å². The number of fused-ring (bicyclic) bond motifs is 1. The third-order valence-corrected chi connectivity index (χ3v) is 4.60. The summed E-state index contributed by atoms with van der Waals surface area (Å²) < 4.78 is 25.0. The molecule has 1 aromatic heterocycles. The maximum Gasteiger partial charge on any atom is 0.241 e. The van der Waals surface area contributed by atoms with E-state index in [1.165, 1.54) is 18.2 Å². The first-order chi connectivity index (χ1) is 9.48. The molecule has 20 heavy (non-hydrogen) atoms. The molecule has 3 aromatic rings. The van der Waals surface area contributed by atoms with Crippen LogP contribution in [0.25, 0.3) is 11.0 Å². The summed E-state index contributed by atoms with van der Waals surface area (Å²) >= 11 is 0. The third-order valence-electron chi connectivity index (χ3n) is 2.95. The van der Waals surface area contributed by atoms with E-state index in [4.69, 9.17) is 11.5 Å². The molecule has 0 saturated carbocycles. The van der Waals surface area contributed by atoms with Gasteiger partial charge in [0.25, 0.3) is 0 Å². The van der Waals surface area contributed by atoms with E-state index in [2.05, 4.69) is 9.97 Å². The topological polar surface area (TPSA) is 115 Å². The number of sulfone groups is 1. The third kappa shape index (κ3) is 1.88. The predicted molar refractivity (Wildman–Crippen MR) is 76.8 cm³/mol. The van der Waals surface area contributed by atoms with E-state index in [9.17, 15) is 8.42 Å². The highest BCUT2D eigenvalue weighted by Crippen LogP contribution is 2.27. The number of nitrogens with zero attached hydrogens (tertiary/aromatic N) is 1. The predicted octanol–water partition coefficient (Wildman–Crippen LogP) is 1.56. The first kappa shape index (κ1) is 12.5. The Morgan fingerprint density at radius 2 is 1.80 bits per heavy atom. The van der Waals surface area contributed by atoms with Crippen LogP contribution < -0.4 is 11.5 Å². The van der Waals surface area contributed by atoms with Gasteiger partial charge in [-0.05, 0) is 30.3 Å². The number of H-pyrrole nitrogens is 1. The quantitative estimate of drug-likeness (QED) is 0.619. The molecule has 0 aliphatic carbocycles. The van der Waals surface area contributed by atoms with Gasteiger partial charge in [-0.3, -0.25) is 0 Å². The van der Waals surface area contributed by atoms with Crippen LogP contribution in [-0.4, -0.2) is 18.4 Å².